The molecule has 0 saturated carbocycles. The first-order valence-electron chi connectivity index (χ1n) is 20.8. The van der Waals surface area contributed by atoms with Gasteiger partial charge in [-0.3, -0.25) is 4.57 Å². The summed E-state index contributed by atoms with van der Waals surface area (Å²) >= 11 is 1.79. The first kappa shape index (κ1) is 33.7. The molecule has 0 amide bonds. The van der Waals surface area contributed by atoms with Crippen LogP contribution in [0.25, 0.3) is 131 Å². The van der Waals surface area contributed by atoms with Crippen LogP contribution < -0.4 is 0 Å². The maximum atomic E-state index is 6.64. The largest absolute Gasteiger partial charge is 0.456 e. The SMILES string of the molecule is c1ccc2cc3c(cc2c1)c1ccccc1n3-c1cc2c(cc1-c1nc(-c3ccc4c(c3)sc3ccccc34)nc(-n3c4ccccc4c4ccccc43)n1)oc1ccccc12. The van der Waals surface area contributed by atoms with E-state index in [2.05, 4.69) is 185 Å². The summed E-state index contributed by atoms with van der Waals surface area (Å²) in [4.78, 5) is 16.3. The molecule has 6 nitrogen and oxygen atoms in total. The highest BCUT2D eigenvalue weighted by Gasteiger charge is 2.24. The van der Waals surface area contributed by atoms with E-state index < -0.39 is 0 Å². The Labute approximate surface area is 357 Å². The molecule has 0 radical (unpaired) electrons. The van der Waals surface area contributed by atoms with E-state index in [-0.39, 0.29) is 0 Å². The van der Waals surface area contributed by atoms with Crippen molar-refractivity contribution in [3.8, 4) is 34.4 Å². The Hall–Kier alpha value is -8.13. The average Bonchev–Trinajstić information content (AvgIpc) is 4.07. The highest BCUT2D eigenvalue weighted by Crippen LogP contribution is 2.43. The smallest absolute Gasteiger partial charge is 0.238 e. The summed E-state index contributed by atoms with van der Waals surface area (Å²) in [6.07, 6.45) is 0. The van der Waals surface area contributed by atoms with Gasteiger partial charge in [0, 0.05) is 63.6 Å². The monoisotopic (exact) mass is 809 g/mol. The third-order valence-corrected chi connectivity index (χ3v) is 13.7. The highest BCUT2D eigenvalue weighted by molar-refractivity contribution is 7.25. The molecule has 9 aromatic carbocycles. The number of thiophene rings is 1. The van der Waals surface area contributed by atoms with Crippen LogP contribution in [0.15, 0.2) is 192 Å². The number of fused-ring (bicyclic) bond motifs is 13. The van der Waals surface area contributed by atoms with Gasteiger partial charge >= 0.3 is 0 Å². The van der Waals surface area contributed by atoms with Gasteiger partial charge < -0.3 is 8.98 Å². The van der Waals surface area contributed by atoms with E-state index in [0.717, 1.165) is 71.6 Å². The van der Waals surface area contributed by atoms with E-state index in [4.69, 9.17) is 19.4 Å². The standard InChI is InChI=1S/C55H31N5OS/c1-2-14-33-28-47-41(27-32(33)13-1)37-17-5-8-20-44(37)59(47)48-30-42-38-18-6-11-23-49(38)61-50(42)31-43(48)54-56-53(34-25-26-40-39-19-7-12-24-51(39)62-52(40)29-34)57-55(58-54)60-45-21-9-3-15-35(45)36-16-4-10-22-46(36)60/h1-31H. The summed E-state index contributed by atoms with van der Waals surface area (Å²) in [5, 5.41) is 11.6. The minimum Gasteiger partial charge on any atom is -0.456 e. The fourth-order valence-electron chi connectivity index (χ4n) is 9.76. The molecule has 0 fully saturated rings. The van der Waals surface area contributed by atoms with Crippen LogP contribution in [0.2, 0.25) is 0 Å². The maximum Gasteiger partial charge on any atom is 0.238 e. The van der Waals surface area contributed by atoms with Gasteiger partial charge in [0.25, 0.3) is 0 Å². The molecular formula is C55H31N5OS. The lowest BCUT2D eigenvalue weighted by Crippen LogP contribution is -2.08. The average molecular weight is 810 g/mol. The molecule has 0 aliphatic carbocycles. The first-order valence-corrected chi connectivity index (χ1v) is 21.6. The Bertz CT molecular complexity index is 4130. The van der Waals surface area contributed by atoms with Crippen LogP contribution in [-0.4, -0.2) is 24.1 Å². The summed E-state index contributed by atoms with van der Waals surface area (Å²) < 4.78 is 13.7. The summed E-state index contributed by atoms with van der Waals surface area (Å²) in [5.74, 6) is 1.69. The fraction of sp³-hybridized carbons (Fsp3) is 0. The molecule has 14 aromatic rings. The molecule has 14 rings (SSSR count). The molecule has 5 aromatic heterocycles. The van der Waals surface area contributed by atoms with Crippen molar-refractivity contribution in [3.05, 3.63) is 188 Å². The maximum absolute atomic E-state index is 6.64. The molecule has 0 spiro atoms. The molecule has 0 bridgehead atoms. The topological polar surface area (TPSA) is 61.7 Å². The molecule has 5 heterocycles. The third-order valence-electron chi connectivity index (χ3n) is 12.6. The lowest BCUT2D eigenvalue weighted by molar-refractivity contribution is 0.669. The van der Waals surface area contributed by atoms with E-state index >= 15 is 0 Å². The second kappa shape index (κ2) is 12.7. The van der Waals surface area contributed by atoms with Crippen LogP contribution in [0.3, 0.4) is 0 Å². The van der Waals surface area contributed by atoms with Crippen LogP contribution >= 0.6 is 11.3 Å². The first-order chi connectivity index (χ1) is 30.7. The molecule has 0 aliphatic rings. The van der Waals surface area contributed by atoms with Crippen LogP contribution in [0.4, 0.5) is 0 Å². The van der Waals surface area contributed by atoms with Gasteiger partial charge in [0.1, 0.15) is 11.2 Å². The van der Waals surface area contributed by atoms with Crippen molar-refractivity contribution in [2.45, 2.75) is 0 Å². The van der Waals surface area contributed by atoms with Crippen molar-refractivity contribution < 1.29 is 4.42 Å². The van der Waals surface area contributed by atoms with Gasteiger partial charge in [0.05, 0.1) is 27.8 Å². The van der Waals surface area contributed by atoms with Crippen molar-refractivity contribution in [2.75, 3.05) is 0 Å². The van der Waals surface area contributed by atoms with Crippen LogP contribution in [0.1, 0.15) is 0 Å². The van der Waals surface area contributed by atoms with E-state index in [1.54, 1.807) is 11.3 Å². The Morgan fingerprint density at radius 2 is 0.968 bits per heavy atom. The fourth-order valence-corrected chi connectivity index (χ4v) is 10.9. The van der Waals surface area contributed by atoms with E-state index in [9.17, 15) is 0 Å². The Kier molecular flexibility index (Phi) is 6.89. The van der Waals surface area contributed by atoms with E-state index in [1.807, 2.05) is 12.1 Å². The molecule has 288 valence electrons. The molecule has 0 aliphatic heterocycles. The summed E-state index contributed by atoms with van der Waals surface area (Å²) in [6.45, 7) is 0. The lowest BCUT2D eigenvalue weighted by Gasteiger charge is -2.16. The van der Waals surface area contributed by atoms with Gasteiger partial charge in [-0.25, -0.2) is 4.98 Å². The third kappa shape index (κ3) is 4.82. The van der Waals surface area contributed by atoms with Gasteiger partial charge in [-0.05, 0) is 71.4 Å². The van der Waals surface area contributed by atoms with Crippen molar-refractivity contribution in [1.82, 2.24) is 24.1 Å². The molecule has 0 atom stereocenters. The number of aromatic nitrogens is 5. The Morgan fingerprint density at radius 3 is 1.74 bits per heavy atom. The zero-order valence-electron chi connectivity index (χ0n) is 33.0. The predicted molar refractivity (Wildman–Crippen MR) is 257 cm³/mol. The van der Waals surface area contributed by atoms with Gasteiger partial charge in [-0.15, -0.1) is 11.3 Å². The highest BCUT2D eigenvalue weighted by atomic mass is 32.1. The number of rotatable bonds is 4. The lowest BCUT2D eigenvalue weighted by atomic mass is 10.1. The molecule has 7 heteroatoms. The van der Waals surface area contributed by atoms with Crippen molar-refractivity contribution in [1.29, 1.82) is 0 Å². The van der Waals surface area contributed by atoms with E-state index in [1.165, 1.54) is 41.7 Å². The molecular weight excluding hydrogens is 779 g/mol. The van der Waals surface area contributed by atoms with Crippen molar-refractivity contribution >= 4 is 108 Å². The summed E-state index contributed by atoms with van der Waals surface area (Å²) in [6, 6.07) is 66.7. The number of hydrogen-bond donors (Lipinski definition) is 0. The second-order valence-corrected chi connectivity index (χ2v) is 17.1. The zero-order valence-corrected chi connectivity index (χ0v) is 33.8. The summed E-state index contributed by atoms with van der Waals surface area (Å²) in [5.41, 5.74) is 8.56. The minimum absolute atomic E-state index is 0.544. The van der Waals surface area contributed by atoms with Gasteiger partial charge in [0.2, 0.25) is 5.95 Å². The number of furan rings is 1. The predicted octanol–water partition coefficient (Wildman–Crippen LogP) is 14.8. The zero-order chi connectivity index (χ0) is 40.5. The van der Waals surface area contributed by atoms with Crippen LogP contribution in [-0.2, 0) is 0 Å². The number of nitrogens with zero attached hydrogens (tertiary/aromatic N) is 5. The normalized spacial score (nSPS) is 12.2. The van der Waals surface area contributed by atoms with Crippen molar-refractivity contribution in [2.24, 2.45) is 0 Å². The quantitative estimate of drug-likeness (QED) is 0.178. The van der Waals surface area contributed by atoms with Gasteiger partial charge in [-0.1, -0.05) is 127 Å². The van der Waals surface area contributed by atoms with Crippen molar-refractivity contribution in [3.63, 3.8) is 0 Å². The van der Waals surface area contributed by atoms with Crippen LogP contribution in [0.5, 0.6) is 0 Å². The Balaban J connectivity index is 1.12. The Morgan fingerprint density at radius 1 is 0.371 bits per heavy atom. The van der Waals surface area contributed by atoms with E-state index in [0.29, 0.717) is 17.6 Å². The summed E-state index contributed by atoms with van der Waals surface area (Å²) in [7, 11) is 0. The van der Waals surface area contributed by atoms with Crippen LogP contribution in [0, 0.1) is 0 Å². The molecule has 0 unspecified atom stereocenters. The van der Waals surface area contributed by atoms with Gasteiger partial charge in [-0.2, -0.15) is 9.97 Å². The molecule has 62 heavy (non-hydrogen) atoms. The van der Waals surface area contributed by atoms with Gasteiger partial charge in [0.15, 0.2) is 11.6 Å². The minimum atomic E-state index is 0.544. The number of benzene rings is 9. The second-order valence-electron chi connectivity index (χ2n) is 16.0. The molecule has 0 N–H and O–H groups in total. The number of para-hydroxylation sites is 4. The molecule has 0 saturated heterocycles. The number of hydrogen-bond acceptors (Lipinski definition) is 5.